The number of aromatic nitrogens is 2. The number of amides is 2. The molecule has 28 heavy (non-hydrogen) atoms. The fraction of sp³-hybridized carbons (Fsp3) is 0.286. The van der Waals surface area contributed by atoms with Crippen molar-refractivity contribution in [2.75, 3.05) is 0 Å². The van der Waals surface area contributed by atoms with Gasteiger partial charge in [-0.2, -0.15) is 0 Å². The first-order chi connectivity index (χ1) is 13.5. The molecule has 2 amide bonds. The second-order valence-corrected chi connectivity index (χ2v) is 7.05. The van der Waals surface area contributed by atoms with E-state index in [2.05, 4.69) is 15.6 Å². The van der Waals surface area contributed by atoms with Gasteiger partial charge in [0.15, 0.2) is 0 Å². The molecule has 7 heteroatoms. The Hall–Kier alpha value is -2.86. The molecule has 0 aliphatic carbocycles. The maximum absolute atomic E-state index is 12.5. The normalized spacial score (nSPS) is 12.0. The number of nitrogens with one attached hydrogen (secondary N) is 2. The van der Waals surface area contributed by atoms with Crippen LogP contribution in [-0.2, 0) is 17.9 Å². The Balaban J connectivity index is 1.81. The number of fused-ring (bicyclic) bond motifs is 1. The van der Waals surface area contributed by atoms with Crippen LogP contribution < -0.4 is 10.6 Å². The lowest BCUT2D eigenvalue weighted by molar-refractivity contribution is -0.122. The van der Waals surface area contributed by atoms with E-state index in [9.17, 15) is 9.59 Å². The zero-order valence-electron chi connectivity index (χ0n) is 15.9. The van der Waals surface area contributed by atoms with Crippen molar-refractivity contribution in [1.29, 1.82) is 0 Å². The molecule has 0 fully saturated rings. The van der Waals surface area contributed by atoms with Gasteiger partial charge in [-0.05, 0) is 37.6 Å². The molecule has 0 saturated carbocycles. The van der Waals surface area contributed by atoms with E-state index in [4.69, 9.17) is 11.6 Å². The minimum Gasteiger partial charge on any atom is -0.352 e. The summed E-state index contributed by atoms with van der Waals surface area (Å²) >= 11 is 6.09. The van der Waals surface area contributed by atoms with Gasteiger partial charge in [-0.1, -0.05) is 42.8 Å². The van der Waals surface area contributed by atoms with Gasteiger partial charge < -0.3 is 15.2 Å². The Morgan fingerprint density at radius 1 is 1.14 bits per heavy atom. The second-order valence-electron chi connectivity index (χ2n) is 6.64. The van der Waals surface area contributed by atoms with Crippen molar-refractivity contribution in [3.63, 3.8) is 0 Å². The average molecular weight is 399 g/mol. The number of benzene rings is 2. The quantitative estimate of drug-likeness (QED) is 0.639. The maximum Gasteiger partial charge on any atom is 0.253 e. The van der Waals surface area contributed by atoms with Crippen LogP contribution in [0.5, 0.6) is 0 Å². The van der Waals surface area contributed by atoms with Crippen molar-refractivity contribution in [2.45, 2.75) is 39.4 Å². The summed E-state index contributed by atoms with van der Waals surface area (Å²) in [5.74, 6) is 0.241. The first-order valence-corrected chi connectivity index (χ1v) is 9.63. The van der Waals surface area contributed by atoms with E-state index in [1.54, 1.807) is 24.3 Å². The van der Waals surface area contributed by atoms with Gasteiger partial charge in [-0.15, -0.1) is 0 Å². The smallest absolute Gasteiger partial charge is 0.253 e. The molecule has 0 radical (unpaired) electrons. The predicted octanol–water partition coefficient (Wildman–Crippen LogP) is 3.53. The Morgan fingerprint density at radius 3 is 2.61 bits per heavy atom. The van der Waals surface area contributed by atoms with Crippen LogP contribution in [0.1, 0.15) is 36.5 Å². The molecule has 0 aliphatic heterocycles. The Labute approximate surface area is 168 Å². The van der Waals surface area contributed by atoms with E-state index >= 15 is 0 Å². The number of carbonyl (C=O) groups is 2. The third-order valence-electron chi connectivity index (χ3n) is 4.58. The van der Waals surface area contributed by atoms with Gasteiger partial charge in [0.25, 0.3) is 5.91 Å². The largest absolute Gasteiger partial charge is 0.352 e. The van der Waals surface area contributed by atoms with E-state index in [1.165, 1.54) is 0 Å². The zero-order valence-corrected chi connectivity index (χ0v) is 16.7. The lowest BCUT2D eigenvalue weighted by Crippen LogP contribution is -2.35. The highest BCUT2D eigenvalue weighted by Crippen LogP contribution is 2.17. The topological polar surface area (TPSA) is 76.0 Å². The summed E-state index contributed by atoms with van der Waals surface area (Å²) in [5, 5.41) is 6.20. The van der Waals surface area contributed by atoms with E-state index in [0.717, 1.165) is 17.5 Å². The molecule has 0 aliphatic rings. The highest BCUT2D eigenvalue weighted by molar-refractivity contribution is 6.33. The van der Waals surface area contributed by atoms with Crippen LogP contribution >= 0.6 is 11.6 Å². The molecule has 146 valence electrons. The molecule has 2 N–H and O–H groups in total. The van der Waals surface area contributed by atoms with E-state index in [0.29, 0.717) is 16.4 Å². The van der Waals surface area contributed by atoms with Crippen molar-refractivity contribution in [1.82, 2.24) is 20.2 Å². The minimum absolute atomic E-state index is 0.0869. The number of para-hydroxylation sites is 2. The number of imidazole rings is 1. The molecule has 1 heterocycles. The third kappa shape index (κ3) is 4.51. The summed E-state index contributed by atoms with van der Waals surface area (Å²) in [6.07, 6.45) is 0.858. The lowest BCUT2D eigenvalue weighted by Gasteiger charge is -2.14. The molecule has 1 atom stereocenters. The Kier molecular flexibility index (Phi) is 6.31. The van der Waals surface area contributed by atoms with E-state index in [-0.39, 0.29) is 30.9 Å². The lowest BCUT2D eigenvalue weighted by atomic mass is 10.2. The van der Waals surface area contributed by atoms with Crippen LogP contribution in [0.3, 0.4) is 0 Å². The van der Waals surface area contributed by atoms with Crippen LogP contribution in [0.15, 0.2) is 48.5 Å². The van der Waals surface area contributed by atoms with Crippen molar-refractivity contribution < 1.29 is 9.59 Å². The molecule has 3 rings (SSSR count). The molecule has 1 unspecified atom stereocenters. The number of nitrogens with zero attached hydrogens (tertiary/aromatic N) is 2. The van der Waals surface area contributed by atoms with Crippen LogP contribution in [0, 0.1) is 0 Å². The minimum atomic E-state index is -0.284. The molecule has 0 bridgehead atoms. The summed E-state index contributed by atoms with van der Waals surface area (Å²) in [4.78, 5) is 29.5. The number of carbonyl (C=O) groups excluding carboxylic acids is 2. The average Bonchev–Trinajstić information content (AvgIpc) is 3.03. The van der Waals surface area contributed by atoms with Crippen LogP contribution in [0.2, 0.25) is 5.02 Å². The Morgan fingerprint density at radius 2 is 1.86 bits per heavy atom. The number of rotatable bonds is 7. The highest BCUT2D eigenvalue weighted by Gasteiger charge is 2.16. The number of halogens is 1. The molecule has 2 aromatic carbocycles. The van der Waals surface area contributed by atoms with Gasteiger partial charge >= 0.3 is 0 Å². The SMILES string of the molecule is CCC(C)NC(=O)Cn1c(CNC(=O)c2ccccc2Cl)nc2ccccc21. The molecule has 3 aromatic rings. The van der Waals surface area contributed by atoms with Crippen LogP contribution in [0.25, 0.3) is 11.0 Å². The van der Waals surface area contributed by atoms with Gasteiger partial charge in [0.2, 0.25) is 5.91 Å². The highest BCUT2D eigenvalue weighted by atomic mass is 35.5. The fourth-order valence-corrected chi connectivity index (χ4v) is 3.12. The van der Waals surface area contributed by atoms with E-state index < -0.39 is 0 Å². The number of hydrogen-bond acceptors (Lipinski definition) is 3. The molecule has 0 saturated heterocycles. The summed E-state index contributed by atoms with van der Waals surface area (Å²) in [6, 6.07) is 14.6. The molecular weight excluding hydrogens is 376 g/mol. The third-order valence-corrected chi connectivity index (χ3v) is 4.91. The number of hydrogen-bond donors (Lipinski definition) is 2. The van der Waals surface area contributed by atoms with Gasteiger partial charge in [-0.3, -0.25) is 9.59 Å². The zero-order chi connectivity index (χ0) is 20.1. The summed E-state index contributed by atoms with van der Waals surface area (Å²) in [7, 11) is 0. The first-order valence-electron chi connectivity index (χ1n) is 9.25. The van der Waals surface area contributed by atoms with Crippen molar-refractivity contribution in [3.8, 4) is 0 Å². The predicted molar refractivity (Wildman–Crippen MR) is 110 cm³/mol. The molecule has 1 aromatic heterocycles. The van der Waals surface area contributed by atoms with Gasteiger partial charge in [0, 0.05) is 6.04 Å². The van der Waals surface area contributed by atoms with Crippen LogP contribution in [-0.4, -0.2) is 27.4 Å². The van der Waals surface area contributed by atoms with Gasteiger partial charge in [0.1, 0.15) is 12.4 Å². The standard InChI is InChI=1S/C21H23ClN4O2/c1-3-14(2)24-20(27)13-26-18-11-7-6-10-17(18)25-19(26)12-23-21(28)15-8-4-5-9-16(15)22/h4-11,14H,3,12-13H2,1-2H3,(H,23,28)(H,24,27). The maximum atomic E-state index is 12.5. The van der Waals surface area contributed by atoms with Gasteiger partial charge in [-0.25, -0.2) is 4.98 Å². The molecule has 6 nitrogen and oxygen atoms in total. The second kappa shape index (κ2) is 8.89. The van der Waals surface area contributed by atoms with Crippen molar-refractivity contribution in [3.05, 3.63) is 64.9 Å². The Bertz CT molecular complexity index is 999. The van der Waals surface area contributed by atoms with Crippen molar-refractivity contribution >= 4 is 34.4 Å². The van der Waals surface area contributed by atoms with Gasteiger partial charge in [0.05, 0.1) is 28.2 Å². The fourth-order valence-electron chi connectivity index (χ4n) is 2.90. The summed E-state index contributed by atoms with van der Waals surface area (Å²) < 4.78 is 1.83. The monoisotopic (exact) mass is 398 g/mol. The van der Waals surface area contributed by atoms with E-state index in [1.807, 2.05) is 42.7 Å². The summed E-state index contributed by atoms with van der Waals surface area (Å²) in [5.41, 5.74) is 2.03. The van der Waals surface area contributed by atoms with Crippen molar-refractivity contribution in [2.24, 2.45) is 0 Å². The van der Waals surface area contributed by atoms with Crippen LogP contribution in [0.4, 0.5) is 0 Å². The molecule has 0 spiro atoms. The first kappa shape index (κ1) is 19.9. The summed E-state index contributed by atoms with van der Waals surface area (Å²) in [6.45, 7) is 4.32. The molecular formula is C21H23ClN4O2.